The van der Waals surface area contributed by atoms with E-state index in [1.165, 1.54) is 0 Å². The van der Waals surface area contributed by atoms with Crippen molar-refractivity contribution in [1.82, 2.24) is 15.0 Å². The Hall–Kier alpha value is -1.97. The van der Waals surface area contributed by atoms with Crippen molar-refractivity contribution in [3.63, 3.8) is 0 Å². The van der Waals surface area contributed by atoms with E-state index in [2.05, 4.69) is 15.0 Å². The molecule has 20 heavy (non-hydrogen) atoms. The van der Waals surface area contributed by atoms with E-state index in [1.54, 1.807) is 7.11 Å². The summed E-state index contributed by atoms with van der Waals surface area (Å²) < 4.78 is 5.10. The number of nitrogens with zero attached hydrogens (tertiary/aromatic N) is 3. The van der Waals surface area contributed by atoms with Gasteiger partial charge in [0.2, 0.25) is 0 Å². The van der Waals surface area contributed by atoms with Crippen LogP contribution in [0.25, 0.3) is 11.4 Å². The second kappa shape index (κ2) is 9.89. The molecule has 4 nitrogen and oxygen atoms in total. The van der Waals surface area contributed by atoms with Crippen molar-refractivity contribution in [2.45, 2.75) is 41.5 Å². The van der Waals surface area contributed by atoms with Crippen LogP contribution in [0.2, 0.25) is 0 Å². The maximum Gasteiger partial charge on any atom is 0.163 e. The first-order valence-corrected chi connectivity index (χ1v) is 7.03. The fraction of sp³-hybridized carbons (Fsp3) is 0.438. The largest absolute Gasteiger partial charge is 0.497 e. The van der Waals surface area contributed by atoms with Crippen molar-refractivity contribution in [3.8, 4) is 17.1 Å². The van der Waals surface area contributed by atoms with E-state index in [0.29, 0.717) is 5.82 Å². The number of hydrogen-bond acceptors (Lipinski definition) is 4. The van der Waals surface area contributed by atoms with Gasteiger partial charge in [-0.25, -0.2) is 15.0 Å². The molecule has 1 heterocycles. The second-order valence-corrected chi connectivity index (χ2v) is 3.48. The summed E-state index contributed by atoms with van der Waals surface area (Å²) in [6, 6.07) is 7.66. The van der Waals surface area contributed by atoms with Gasteiger partial charge in [-0.05, 0) is 38.1 Å². The van der Waals surface area contributed by atoms with Crippen LogP contribution in [-0.4, -0.2) is 22.1 Å². The molecular formula is C16H25N3O. The van der Waals surface area contributed by atoms with E-state index in [9.17, 15) is 0 Å². The molecule has 4 heteroatoms. The number of methoxy groups -OCH3 is 1. The van der Waals surface area contributed by atoms with Gasteiger partial charge < -0.3 is 4.74 Å². The minimum atomic E-state index is 0.702. The Morgan fingerprint density at radius 1 is 0.750 bits per heavy atom. The molecule has 0 aliphatic heterocycles. The maximum absolute atomic E-state index is 5.10. The van der Waals surface area contributed by atoms with Gasteiger partial charge in [0.15, 0.2) is 5.82 Å². The smallest absolute Gasteiger partial charge is 0.163 e. The lowest BCUT2D eigenvalue weighted by molar-refractivity contribution is 0.415. The summed E-state index contributed by atoms with van der Waals surface area (Å²) in [6.45, 7) is 11.7. The highest BCUT2D eigenvalue weighted by Gasteiger charge is 2.03. The highest BCUT2D eigenvalue weighted by atomic mass is 16.5. The van der Waals surface area contributed by atoms with Crippen LogP contribution in [0.5, 0.6) is 5.75 Å². The van der Waals surface area contributed by atoms with Gasteiger partial charge in [0, 0.05) is 5.56 Å². The molecule has 0 N–H and O–H groups in total. The van der Waals surface area contributed by atoms with Crippen molar-refractivity contribution in [3.05, 3.63) is 35.9 Å². The standard InChI is InChI=1S/C12H13N3O.2C2H6/c1-8-13-9(2)15-12(14-8)10-4-6-11(16-3)7-5-10;2*1-2/h4-7H,1-3H3;2*1-2H3. The van der Waals surface area contributed by atoms with Gasteiger partial charge >= 0.3 is 0 Å². The van der Waals surface area contributed by atoms with Crippen LogP contribution in [0.15, 0.2) is 24.3 Å². The van der Waals surface area contributed by atoms with Crippen LogP contribution in [0.3, 0.4) is 0 Å². The van der Waals surface area contributed by atoms with E-state index < -0.39 is 0 Å². The SMILES string of the molecule is CC.CC.COc1ccc(-c2nc(C)nc(C)n2)cc1. The van der Waals surface area contributed by atoms with Gasteiger partial charge in [0.1, 0.15) is 17.4 Å². The van der Waals surface area contributed by atoms with Gasteiger partial charge in [-0.15, -0.1) is 0 Å². The highest BCUT2D eigenvalue weighted by Crippen LogP contribution is 2.18. The van der Waals surface area contributed by atoms with Gasteiger partial charge in [-0.1, -0.05) is 27.7 Å². The Bertz CT molecular complexity index is 475. The molecule has 0 bridgehead atoms. The molecule has 0 unspecified atom stereocenters. The third-order valence-electron chi connectivity index (χ3n) is 2.21. The molecule has 0 amide bonds. The molecule has 0 saturated heterocycles. The number of hydrogen-bond donors (Lipinski definition) is 0. The normalized spacial score (nSPS) is 8.75. The molecule has 0 aliphatic carbocycles. The van der Waals surface area contributed by atoms with E-state index in [-0.39, 0.29) is 0 Å². The van der Waals surface area contributed by atoms with Crippen molar-refractivity contribution < 1.29 is 4.74 Å². The quantitative estimate of drug-likeness (QED) is 0.823. The molecular weight excluding hydrogens is 250 g/mol. The first-order valence-electron chi connectivity index (χ1n) is 7.03. The van der Waals surface area contributed by atoms with Crippen LogP contribution < -0.4 is 4.74 Å². The van der Waals surface area contributed by atoms with E-state index in [1.807, 2.05) is 65.8 Å². The number of aryl methyl sites for hydroxylation is 2. The Balaban J connectivity index is 0.000000829. The zero-order chi connectivity index (χ0) is 15.5. The van der Waals surface area contributed by atoms with Crippen LogP contribution in [0, 0.1) is 13.8 Å². The fourth-order valence-corrected chi connectivity index (χ4v) is 1.48. The number of benzene rings is 1. The maximum atomic E-state index is 5.10. The Kier molecular flexibility index (Phi) is 8.92. The summed E-state index contributed by atoms with van der Waals surface area (Å²) in [5.41, 5.74) is 0.967. The summed E-state index contributed by atoms with van der Waals surface area (Å²) in [5.74, 6) is 3.00. The predicted molar refractivity (Wildman–Crippen MR) is 84.0 cm³/mol. The minimum absolute atomic E-state index is 0.702. The second-order valence-electron chi connectivity index (χ2n) is 3.48. The van der Waals surface area contributed by atoms with Crippen LogP contribution >= 0.6 is 0 Å². The lowest BCUT2D eigenvalue weighted by Crippen LogP contribution is -1.98. The molecule has 0 spiro atoms. The predicted octanol–water partition coefficient (Wildman–Crippen LogP) is 4.22. The molecule has 0 radical (unpaired) electrons. The Morgan fingerprint density at radius 3 is 1.60 bits per heavy atom. The minimum Gasteiger partial charge on any atom is -0.497 e. The molecule has 110 valence electrons. The first-order chi connectivity index (χ1) is 9.69. The molecule has 1 aromatic heterocycles. The fourth-order valence-electron chi connectivity index (χ4n) is 1.48. The molecule has 0 saturated carbocycles. The topological polar surface area (TPSA) is 47.9 Å². The average Bonchev–Trinajstić information content (AvgIpc) is 2.50. The van der Waals surface area contributed by atoms with E-state index in [4.69, 9.17) is 4.74 Å². The molecule has 2 aromatic rings. The average molecular weight is 275 g/mol. The highest BCUT2D eigenvalue weighted by molar-refractivity contribution is 5.55. The number of rotatable bonds is 2. The summed E-state index contributed by atoms with van der Waals surface area (Å²) >= 11 is 0. The van der Waals surface area contributed by atoms with Gasteiger partial charge in [-0.3, -0.25) is 0 Å². The first kappa shape index (κ1) is 18.0. The zero-order valence-electron chi connectivity index (χ0n) is 13.6. The van der Waals surface area contributed by atoms with Crippen molar-refractivity contribution >= 4 is 0 Å². The van der Waals surface area contributed by atoms with Crippen LogP contribution in [-0.2, 0) is 0 Å². The molecule has 2 rings (SSSR count). The molecule has 0 atom stereocenters. The van der Waals surface area contributed by atoms with E-state index >= 15 is 0 Å². The van der Waals surface area contributed by atoms with Gasteiger partial charge in [-0.2, -0.15) is 0 Å². The molecule has 1 aromatic carbocycles. The molecule has 0 aliphatic rings. The Labute approximate surface area is 122 Å². The summed E-state index contributed by atoms with van der Waals surface area (Å²) in [7, 11) is 1.65. The van der Waals surface area contributed by atoms with Crippen LogP contribution in [0.1, 0.15) is 39.3 Å². The lowest BCUT2D eigenvalue weighted by Gasteiger charge is -2.03. The third kappa shape index (κ3) is 5.34. The van der Waals surface area contributed by atoms with Gasteiger partial charge in [0.05, 0.1) is 7.11 Å². The van der Waals surface area contributed by atoms with Crippen molar-refractivity contribution in [2.75, 3.05) is 7.11 Å². The summed E-state index contributed by atoms with van der Waals surface area (Å²) in [6.07, 6.45) is 0. The monoisotopic (exact) mass is 275 g/mol. The molecule has 0 fully saturated rings. The number of ether oxygens (including phenoxy) is 1. The zero-order valence-corrected chi connectivity index (χ0v) is 13.6. The van der Waals surface area contributed by atoms with E-state index in [0.717, 1.165) is 23.0 Å². The van der Waals surface area contributed by atoms with Crippen LogP contribution in [0.4, 0.5) is 0 Å². The van der Waals surface area contributed by atoms with Crippen molar-refractivity contribution in [1.29, 1.82) is 0 Å². The van der Waals surface area contributed by atoms with Crippen molar-refractivity contribution in [2.24, 2.45) is 0 Å². The Morgan fingerprint density at radius 2 is 1.20 bits per heavy atom. The summed E-state index contributed by atoms with van der Waals surface area (Å²) in [5, 5.41) is 0. The lowest BCUT2D eigenvalue weighted by atomic mass is 10.2. The summed E-state index contributed by atoms with van der Waals surface area (Å²) in [4.78, 5) is 12.7. The number of aromatic nitrogens is 3. The van der Waals surface area contributed by atoms with Gasteiger partial charge in [0.25, 0.3) is 0 Å². The third-order valence-corrected chi connectivity index (χ3v) is 2.21.